The molecular weight excluding hydrogens is 216 g/mol. The van der Waals surface area contributed by atoms with Crippen molar-refractivity contribution < 1.29 is 13.2 Å². The van der Waals surface area contributed by atoms with E-state index < -0.39 is 12.5 Å². The Kier molecular flexibility index (Phi) is 3.45. The van der Waals surface area contributed by atoms with Gasteiger partial charge in [-0.3, -0.25) is 0 Å². The van der Waals surface area contributed by atoms with E-state index in [0.29, 0.717) is 0 Å². The molecule has 0 amide bonds. The molecule has 92 valence electrons. The molecule has 0 atom stereocenters. The molecule has 0 spiro atoms. The molecule has 0 bridgehead atoms. The summed E-state index contributed by atoms with van der Waals surface area (Å²) in [5.41, 5.74) is 0. The Hall–Kier alpha value is -0.135. The van der Waals surface area contributed by atoms with Gasteiger partial charge in [0.15, 0.2) is 0 Å². The van der Waals surface area contributed by atoms with Gasteiger partial charge in [-0.1, -0.05) is 27.7 Å². The summed E-state index contributed by atoms with van der Waals surface area (Å²) < 4.78 is 44.4. The number of halogens is 3. The molecule has 0 aliphatic carbocycles. The normalized spacial score (nSPS) is 25.3. The van der Waals surface area contributed by atoms with Gasteiger partial charge in [0, 0.05) is 0 Å². The molecule has 9 heteroatoms. The number of nitrogens with zero attached hydrogens (tertiary/aromatic N) is 3. The van der Waals surface area contributed by atoms with Crippen molar-refractivity contribution in [1.29, 1.82) is 0 Å². The summed E-state index contributed by atoms with van der Waals surface area (Å²) in [6.07, 6.45) is -6.88. The van der Waals surface area contributed by atoms with Crippen molar-refractivity contribution in [1.82, 2.24) is 14.2 Å². The van der Waals surface area contributed by atoms with Crippen LogP contribution in [0.2, 0.25) is 20.5 Å². The molecule has 1 aliphatic rings. The molecule has 1 fully saturated rings. The van der Waals surface area contributed by atoms with Crippen LogP contribution in [0.1, 0.15) is 0 Å². The molecule has 1 saturated heterocycles. The molecule has 3 nitrogen and oxygen atoms in total. The Morgan fingerprint density at radius 1 is 0.938 bits per heavy atom. The molecule has 0 radical (unpaired) electrons. The summed E-state index contributed by atoms with van der Waals surface area (Å²) in [6, 6.07) is 0. The lowest BCUT2D eigenvalue weighted by atomic mass is 9.31. The lowest BCUT2D eigenvalue weighted by molar-refractivity contribution is -0.0684. The monoisotopic (exact) mass is 234 g/mol. The van der Waals surface area contributed by atoms with Gasteiger partial charge in [-0.25, -0.2) is 13.2 Å². The average molecular weight is 234 g/mol. The van der Waals surface area contributed by atoms with E-state index in [9.17, 15) is 13.2 Å². The molecule has 0 aromatic heterocycles. The average Bonchev–Trinajstić information content (AvgIpc) is 2.19. The van der Waals surface area contributed by atoms with Crippen LogP contribution in [0.5, 0.6) is 0 Å². The molecule has 1 aliphatic heterocycles. The van der Waals surface area contributed by atoms with Crippen LogP contribution < -0.4 is 0 Å². The van der Waals surface area contributed by atoms with Gasteiger partial charge in [-0.05, 0) is 7.05 Å². The molecule has 1 rings (SSSR count). The van der Waals surface area contributed by atoms with Crippen LogP contribution in [0, 0.1) is 0 Å². The Labute approximate surface area is 96.1 Å². The first-order valence-corrected chi connectivity index (χ1v) is 5.48. The van der Waals surface area contributed by atoms with Crippen molar-refractivity contribution in [2.24, 2.45) is 0 Å². The van der Waals surface area contributed by atoms with E-state index in [4.69, 9.17) is 0 Å². The maximum absolute atomic E-state index is 13.2. The molecule has 0 N–H and O–H groups in total. The molecule has 0 aromatic rings. The van der Waals surface area contributed by atoms with E-state index in [1.54, 1.807) is 13.6 Å². The molecular formula is C7H18B3F3N3-. The van der Waals surface area contributed by atoms with Crippen LogP contribution in [0.15, 0.2) is 0 Å². The van der Waals surface area contributed by atoms with E-state index in [2.05, 4.69) is 0 Å². The minimum absolute atomic E-state index is 0.224. The van der Waals surface area contributed by atoms with Gasteiger partial charge in [0.05, 0.1) is 0 Å². The second kappa shape index (κ2) is 3.96. The standard InChI is InChI=1S/C7H18B3F3N3/c1-8-14(4)9(2)16(6)10(3,15(8)5)7(11,12)13/h1-6H3/q-1. The third-order valence-corrected chi connectivity index (χ3v) is 4.56. The molecule has 16 heavy (non-hydrogen) atoms. The maximum atomic E-state index is 13.2. The highest BCUT2D eigenvalue weighted by Gasteiger charge is 2.57. The number of rotatable bonds is 0. The second-order valence-electron chi connectivity index (χ2n) is 4.98. The van der Waals surface area contributed by atoms with Gasteiger partial charge in [0.2, 0.25) is 6.42 Å². The highest BCUT2D eigenvalue weighted by Crippen LogP contribution is 2.36. The van der Waals surface area contributed by atoms with Gasteiger partial charge in [0.25, 0.3) is 20.0 Å². The molecule has 1 heterocycles. The highest BCUT2D eigenvalue weighted by molar-refractivity contribution is 6.94. The Bertz CT molecular complexity index is 259. The van der Waals surface area contributed by atoms with Crippen molar-refractivity contribution >= 4 is 20.4 Å². The third-order valence-electron chi connectivity index (χ3n) is 4.56. The van der Waals surface area contributed by atoms with Crippen molar-refractivity contribution in [3.63, 3.8) is 0 Å². The van der Waals surface area contributed by atoms with Crippen LogP contribution in [-0.4, -0.2) is 61.8 Å². The summed E-state index contributed by atoms with van der Waals surface area (Å²) in [6.45, 7) is 4.44. The maximum Gasteiger partial charge on any atom is 0.281 e. The fourth-order valence-corrected chi connectivity index (χ4v) is 2.48. The quantitative estimate of drug-likeness (QED) is 0.583. The fourth-order valence-electron chi connectivity index (χ4n) is 2.48. The lowest BCUT2D eigenvalue weighted by Gasteiger charge is -2.64. The van der Waals surface area contributed by atoms with Gasteiger partial charge >= 0.3 is 0 Å². The van der Waals surface area contributed by atoms with Crippen LogP contribution in [-0.2, 0) is 0 Å². The number of alkyl halides is 3. The van der Waals surface area contributed by atoms with Gasteiger partial charge in [-0.2, -0.15) is 6.82 Å². The fraction of sp³-hybridized carbons (Fsp3) is 1.00. The first-order chi connectivity index (χ1) is 7.05. The summed E-state index contributed by atoms with van der Waals surface area (Å²) >= 11 is 0. The molecule has 0 aromatic carbocycles. The first-order valence-electron chi connectivity index (χ1n) is 5.48. The highest BCUT2D eigenvalue weighted by atomic mass is 19.4. The predicted molar refractivity (Wildman–Crippen MR) is 64.2 cm³/mol. The summed E-state index contributed by atoms with van der Waals surface area (Å²) in [5.74, 6) is 0. The van der Waals surface area contributed by atoms with Gasteiger partial charge in [-0.15, -0.1) is 0 Å². The number of hydrogen-bond acceptors (Lipinski definition) is 3. The van der Waals surface area contributed by atoms with E-state index in [1.165, 1.54) is 30.4 Å². The third kappa shape index (κ3) is 1.69. The van der Waals surface area contributed by atoms with Crippen LogP contribution >= 0.6 is 0 Å². The topological polar surface area (TPSA) is 9.72 Å². The van der Waals surface area contributed by atoms with E-state index in [-0.39, 0.29) is 14.0 Å². The SMILES string of the molecule is CB1N(C)B(C)N(C)[B-](C)(C(F)(F)F)N1C. The van der Waals surface area contributed by atoms with Crippen LogP contribution in [0.4, 0.5) is 13.2 Å². The first kappa shape index (κ1) is 13.9. The zero-order valence-corrected chi connectivity index (χ0v) is 10.7. The summed E-state index contributed by atoms with van der Waals surface area (Å²) in [5, 5.41) is 0. The van der Waals surface area contributed by atoms with E-state index >= 15 is 0 Å². The molecule has 0 saturated carbocycles. The Morgan fingerprint density at radius 2 is 1.25 bits per heavy atom. The van der Waals surface area contributed by atoms with Crippen LogP contribution in [0.25, 0.3) is 0 Å². The van der Waals surface area contributed by atoms with Gasteiger partial charge in [0.1, 0.15) is 0 Å². The summed E-state index contributed by atoms with van der Waals surface area (Å²) in [7, 11) is 4.92. The minimum Gasteiger partial charge on any atom is -0.488 e. The summed E-state index contributed by atoms with van der Waals surface area (Å²) in [4.78, 5) is 0. The zero-order chi connectivity index (χ0) is 12.9. The van der Waals surface area contributed by atoms with E-state index in [0.717, 1.165) is 0 Å². The lowest BCUT2D eigenvalue weighted by Crippen LogP contribution is -2.83. The Morgan fingerprint density at radius 3 is 1.50 bits per heavy atom. The zero-order valence-electron chi connectivity index (χ0n) is 10.7. The van der Waals surface area contributed by atoms with Crippen molar-refractivity contribution in [3.8, 4) is 0 Å². The predicted octanol–water partition coefficient (Wildman–Crippen LogP) is 1.20. The van der Waals surface area contributed by atoms with Crippen molar-refractivity contribution in [2.75, 3.05) is 21.1 Å². The molecule has 0 unspecified atom stereocenters. The smallest absolute Gasteiger partial charge is 0.281 e. The largest absolute Gasteiger partial charge is 0.488 e. The van der Waals surface area contributed by atoms with Crippen molar-refractivity contribution in [2.45, 2.75) is 26.5 Å². The van der Waals surface area contributed by atoms with Gasteiger partial charge < -0.3 is 14.2 Å². The number of hydrogen-bond donors (Lipinski definition) is 0. The van der Waals surface area contributed by atoms with Crippen molar-refractivity contribution in [3.05, 3.63) is 0 Å². The second-order valence-corrected chi connectivity index (χ2v) is 4.98. The van der Waals surface area contributed by atoms with Crippen LogP contribution in [0.3, 0.4) is 0 Å². The van der Waals surface area contributed by atoms with E-state index in [1.807, 2.05) is 11.8 Å². The minimum atomic E-state index is -4.22. The Balaban J connectivity index is 3.18.